The van der Waals surface area contributed by atoms with E-state index in [1.165, 1.54) is 0 Å². The van der Waals surface area contributed by atoms with Crippen LogP contribution in [0.5, 0.6) is 5.75 Å². The molecule has 6 heteroatoms. The van der Waals surface area contributed by atoms with Gasteiger partial charge in [0.2, 0.25) is 0 Å². The number of nitrogens with zero attached hydrogens (tertiary/aromatic N) is 2. The van der Waals surface area contributed by atoms with Gasteiger partial charge in [0, 0.05) is 37.7 Å². The van der Waals surface area contributed by atoms with Crippen molar-refractivity contribution in [1.82, 2.24) is 9.80 Å². The second kappa shape index (κ2) is 7.47. The molecule has 1 aliphatic rings. The zero-order valence-corrected chi connectivity index (χ0v) is 12.1. The lowest BCUT2D eigenvalue weighted by atomic mass is 10.3. The maximum atomic E-state index is 10.6. The summed E-state index contributed by atoms with van der Waals surface area (Å²) in [6.45, 7) is 4.98. The summed E-state index contributed by atoms with van der Waals surface area (Å²) in [5.41, 5.74) is 0. The minimum atomic E-state index is -0.760. The van der Waals surface area contributed by atoms with E-state index in [2.05, 4.69) is 4.90 Å². The first-order chi connectivity index (χ1) is 9.63. The predicted molar refractivity (Wildman–Crippen MR) is 77.5 cm³/mol. The Morgan fingerprint density at radius 2 is 1.75 bits per heavy atom. The molecular weight excluding hydrogens is 280 g/mol. The Hall–Kier alpha value is -1.30. The standard InChI is InChI=1S/C14H19ClN2O3/c15-12-1-3-13(4-2-12)20-10-9-16-5-7-17(8-6-16)11-14(18)19/h1-4H,5-11H2,(H,18,19). The fraction of sp³-hybridized carbons (Fsp3) is 0.500. The predicted octanol–water partition coefficient (Wildman–Crippen LogP) is 1.42. The van der Waals surface area contributed by atoms with Gasteiger partial charge in [-0.05, 0) is 24.3 Å². The maximum Gasteiger partial charge on any atom is 0.317 e. The van der Waals surface area contributed by atoms with Crippen LogP contribution >= 0.6 is 11.6 Å². The summed E-state index contributed by atoms with van der Waals surface area (Å²) < 4.78 is 5.65. The van der Waals surface area contributed by atoms with E-state index >= 15 is 0 Å². The molecule has 5 nitrogen and oxygen atoms in total. The van der Waals surface area contributed by atoms with Gasteiger partial charge in [-0.1, -0.05) is 11.6 Å². The molecule has 1 fully saturated rings. The Bertz CT molecular complexity index is 431. The zero-order chi connectivity index (χ0) is 14.4. The highest BCUT2D eigenvalue weighted by atomic mass is 35.5. The molecule has 0 aliphatic carbocycles. The number of rotatable bonds is 6. The van der Waals surface area contributed by atoms with Crippen LogP contribution in [0.25, 0.3) is 0 Å². The lowest BCUT2D eigenvalue weighted by Gasteiger charge is -2.33. The molecule has 1 aliphatic heterocycles. The molecule has 0 atom stereocenters. The number of carboxylic acid groups (broad SMARTS) is 1. The van der Waals surface area contributed by atoms with Crippen LogP contribution in [0.3, 0.4) is 0 Å². The second-order valence-corrected chi connectivity index (χ2v) is 5.25. The topological polar surface area (TPSA) is 53.0 Å². The van der Waals surface area contributed by atoms with Gasteiger partial charge >= 0.3 is 5.97 Å². The van der Waals surface area contributed by atoms with Crippen LogP contribution in [0, 0.1) is 0 Å². The van der Waals surface area contributed by atoms with Gasteiger partial charge in [-0.15, -0.1) is 0 Å². The van der Waals surface area contributed by atoms with Crippen molar-refractivity contribution >= 4 is 17.6 Å². The first-order valence-corrected chi connectivity index (χ1v) is 7.06. The maximum absolute atomic E-state index is 10.6. The van der Waals surface area contributed by atoms with E-state index in [0.29, 0.717) is 11.6 Å². The van der Waals surface area contributed by atoms with Gasteiger partial charge in [-0.3, -0.25) is 14.6 Å². The Labute approximate surface area is 123 Å². The van der Waals surface area contributed by atoms with Crippen molar-refractivity contribution in [3.8, 4) is 5.75 Å². The summed E-state index contributed by atoms with van der Waals surface area (Å²) in [7, 11) is 0. The summed E-state index contributed by atoms with van der Waals surface area (Å²) in [4.78, 5) is 14.9. The molecule has 0 unspecified atom stereocenters. The molecule has 2 rings (SSSR count). The number of hydrogen-bond donors (Lipinski definition) is 1. The summed E-state index contributed by atoms with van der Waals surface area (Å²) in [6, 6.07) is 7.32. The smallest absolute Gasteiger partial charge is 0.317 e. The van der Waals surface area contributed by atoms with Crippen LogP contribution < -0.4 is 4.74 Å². The number of piperazine rings is 1. The molecule has 1 saturated heterocycles. The number of ether oxygens (including phenoxy) is 1. The molecule has 110 valence electrons. The van der Waals surface area contributed by atoms with Gasteiger partial charge in [0.25, 0.3) is 0 Å². The molecule has 0 radical (unpaired) electrons. The Morgan fingerprint density at radius 3 is 2.35 bits per heavy atom. The molecule has 0 spiro atoms. The SMILES string of the molecule is O=C(O)CN1CCN(CCOc2ccc(Cl)cc2)CC1. The van der Waals surface area contributed by atoms with Gasteiger partial charge < -0.3 is 9.84 Å². The van der Waals surface area contributed by atoms with Crippen molar-refractivity contribution < 1.29 is 14.6 Å². The van der Waals surface area contributed by atoms with Crippen LogP contribution in [0.4, 0.5) is 0 Å². The molecule has 0 bridgehead atoms. The summed E-state index contributed by atoms with van der Waals surface area (Å²) >= 11 is 5.81. The van der Waals surface area contributed by atoms with E-state index in [-0.39, 0.29) is 6.54 Å². The molecule has 0 aromatic heterocycles. The van der Waals surface area contributed by atoms with Gasteiger partial charge in [0.05, 0.1) is 6.54 Å². The quantitative estimate of drug-likeness (QED) is 0.861. The Kier molecular flexibility index (Phi) is 5.64. The molecule has 0 amide bonds. The van der Waals surface area contributed by atoms with E-state index in [1.807, 2.05) is 29.2 Å². The molecule has 1 aromatic carbocycles. The van der Waals surface area contributed by atoms with Crippen molar-refractivity contribution in [3.63, 3.8) is 0 Å². The summed E-state index contributed by atoms with van der Waals surface area (Å²) in [6.07, 6.45) is 0. The largest absolute Gasteiger partial charge is 0.492 e. The Morgan fingerprint density at radius 1 is 1.15 bits per heavy atom. The highest BCUT2D eigenvalue weighted by Gasteiger charge is 2.18. The molecule has 1 heterocycles. The van der Waals surface area contributed by atoms with Crippen molar-refractivity contribution in [3.05, 3.63) is 29.3 Å². The molecule has 1 aromatic rings. The number of carboxylic acids is 1. The van der Waals surface area contributed by atoms with E-state index in [4.69, 9.17) is 21.4 Å². The van der Waals surface area contributed by atoms with E-state index in [0.717, 1.165) is 38.5 Å². The minimum absolute atomic E-state index is 0.134. The molecular formula is C14H19ClN2O3. The van der Waals surface area contributed by atoms with Crippen LogP contribution in [-0.2, 0) is 4.79 Å². The third-order valence-electron chi connectivity index (χ3n) is 3.31. The molecule has 0 saturated carbocycles. The fourth-order valence-electron chi connectivity index (χ4n) is 2.19. The zero-order valence-electron chi connectivity index (χ0n) is 11.3. The van der Waals surface area contributed by atoms with Crippen LogP contribution in [0.2, 0.25) is 5.02 Å². The lowest BCUT2D eigenvalue weighted by molar-refractivity contribution is -0.138. The molecule has 1 N–H and O–H groups in total. The summed E-state index contributed by atoms with van der Waals surface area (Å²) in [5, 5.41) is 9.43. The molecule has 20 heavy (non-hydrogen) atoms. The third-order valence-corrected chi connectivity index (χ3v) is 3.57. The fourth-order valence-corrected chi connectivity index (χ4v) is 2.31. The average Bonchev–Trinajstić information content (AvgIpc) is 2.42. The lowest BCUT2D eigenvalue weighted by Crippen LogP contribution is -2.48. The Balaban J connectivity index is 1.63. The number of carbonyl (C=O) groups is 1. The second-order valence-electron chi connectivity index (χ2n) is 4.81. The van der Waals surface area contributed by atoms with Crippen LogP contribution in [0.1, 0.15) is 0 Å². The minimum Gasteiger partial charge on any atom is -0.492 e. The van der Waals surface area contributed by atoms with Crippen molar-refractivity contribution in [1.29, 1.82) is 0 Å². The third kappa shape index (κ3) is 5.00. The van der Waals surface area contributed by atoms with Gasteiger partial charge in [0.15, 0.2) is 0 Å². The van der Waals surface area contributed by atoms with E-state index < -0.39 is 5.97 Å². The number of hydrogen-bond acceptors (Lipinski definition) is 4. The summed E-state index contributed by atoms with van der Waals surface area (Å²) in [5.74, 6) is 0.0587. The van der Waals surface area contributed by atoms with Crippen molar-refractivity contribution in [2.75, 3.05) is 45.9 Å². The van der Waals surface area contributed by atoms with Crippen molar-refractivity contribution in [2.24, 2.45) is 0 Å². The van der Waals surface area contributed by atoms with E-state index in [9.17, 15) is 4.79 Å². The van der Waals surface area contributed by atoms with Crippen LogP contribution in [-0.4, -0.2) is 66.8 Å². The van der Waals surface area contributed by atoms with Crippen LogP contribution in [0.15, 0.2) is 24.3 Å². The highest BCUT2D eigenvalue weighted by molar-refractivity contribution is 6.30. The first-order valence-electron chi connectivity index (χ1n) is 6.68. The monoisotopic (exact) mass is 298 g/mol. The van der Waals surface area contributed by atoms with Gasteiger partial charge in [0.1, 0.15) is 12.4 Å². The highest BCUT2D eigenvalue weighted by Crippen LogP contribution is 2.15. The number of benzene rings is 1. The number of halogens is 1. The van der Waals surface area contributed by atoms with Crippen molar-refractivity contribution in [2.45, 2.75) is 0 Å². The van der Waals surface area contributed by atoms with E-state index in [1.54, 1.807) is 0 Å². The van der Waals surface area contributed by atoms with Gasteiger partial charge in [-0.25, -0.2) is 0 Å². The number of aliphatic carboxylic acids is 1. The average molecular weight is 299 g/mol. The van der Waals surface area contributed by atoms with Gasteiger partial charge in [-0.2, -0.15) is 0 Å². The first kappa shape index (κ1) is 15.1. The normalized spacial score (nSPS) is 17.1.